The molecule has 26 heavy (non-hydrogen) atoms. The van der Waals surface area contributed by atoms with Gasteiger partial charge in [0.25, 0.3) is 5.91 Å². The number of benzene rings is 2. The van der Waals surface area contributed by atoms with Gasteiger partial charge in [0, 0.05) is 10.0 Å². The van der Waals surface area contributed by atoms with Crippen molar-refractivity contribution in [3.8, 4) is 5.75 Å². The van der Waals surface area contributed by atoms with Crippen LogP contribution < -0.4 is 9.64 Å². The average molecular weight is 420 g/mol. The minimum absolute atomic E-state index is 0.0736. The molecule has 6 heteroatoms. The molecular formula is C20H24BrN2O3+. The number of hydrogen-bond donors (Lipinski definition) is 2. The zero-order valence-electron chi connectivity index (χ0n) is 14.6. The van der Waals surface area contributed by atoms with E-state index in [1.54, 1.807) is 0 Å². The summed E-state index contributed by atoms with van der Waals surface area (Å²) in [6.07, 6.45) is -0.515. The van der Waals surface area contributed by atoms with E-state index in [2.05, 4.69) is 15.9 Å². The molecule has 0 saturated carbocycles. The monoisotopic (exact) mass is 419 g/mol. The molecule has 0 unspecified atom stereocenters. The van der Waals surface area contributed by atoms with Gasteiger partial charge in [-0.25, -0.2) is 0 Å². The molecule has 1 amide bonds. The Labute approximate surface area is 162 Å². The molecule has 0 radical (unpaired) electrons. The van der Waals surface area contributed by atoms with Gasteiger partial charge in [-0.15, -0.1) is 0 Å². The van der Waals surface area contributed by atoms with Gasteiger partial charge in [0.15, 0.2) is 0 Å². The number of para-hydroxylation sites is 1. The molecule has 1 aliphatic heterocycles. The van der Waals surface area contributed by atoms with Crippen LogP contribution in [0.25, 0.3) is 0 Å². The summed E-state index contributed by atoms with van der Waals surface area (Å²) in [7, 11) is 0. The highest BCUT2D eigenvalue weighted by molar-refractivity contribution is 9.10. The number of carbonyl (C=O) groups is 1. The molecule has 0 aliphatic carbocycles. The van der Waals surface area contributed by atoms with Gasteiger partial charge in [0.05, 0.1) is 26.2 Å². The van der Waals surface area contributed by atoms with Crippen LogP contribution in [0.3, 0.4) is 0 Å². The Morgan fingerprint density at radius 1 is 1.12 bits per heavy atom. The molecule has 1 atom stereocenters. The van der Waals surface area contributed by atoms with Crippen LogP contribution in [-0.4, -0.2) is 61.3 Å². The fourth-order valence-electron chi connectivity index (χ4n) is 3.11. The normalized spacial score (nSPS) is 16.3. The smallest absolute Gasteiger partial charge is 0.254 e. The second-order valence-corrected chi connectivity index (χ2v) is 7.45. The first kappa shape index (κ1) is 18.9. The summed E-state index contributed by atoms with van der Waals surface area (Å²) in [6.45, 7) is 4.00. The first-order valence-corrected chi connectivity index (χ1v) is 9.65. The van der Waals surface area contributed by atoms with E-state index >= 15 is 0 Å². The lowest BCUT2D eigenvalue weighted by atomic mass is 10.2. The summed E-state index contributed by atoms with van der Waals surface area (Å²) in [5, 5.41) is 10.2. The molecule has 2 aromatic carbocycles. The molecule has 1 fully saturated rings. The number of nitrogens with zero attached hydrogens (tertiary/aromatic N) is 1. The number of amides is 1. The minimum atomic E-state index is -0.515. The number of rotatable bonds is 6. The number of quaternary nitrogens is 1. The lowest BCUT2D eigenvalue weighted by molar-refractivity contribution is -0.907. The van der Waals surface area contributed by atoms with Crippen molar-refractivity contribution in [2.24, 2.45) is 0 Å². The maximum absolute atomic E-state index is 12.5. The van der Waals surface area contributed by atoms with Crippen molar-refractivity contribution >= 4 is 21.8 Å². The highest BCUT2D eigenvalue weighted by Gasteiger charge is 2.26. The van der Waals surface area contributed by atoms with Gasteiger partial charge in [-0.1, -0.05) is 34.1 Å². The highest BCUT2D eigenvalue weighted by atomic mass is 79.9. The number of piperazine rings is 1. The molecule has 5 nitrogen and oxygen atoms in total. The lowest BCUT2D eigenvalue weighted by Gasteiger charge is -2.33. The third-order valence-corrected chi connectivity index (χ3v) is 5.09. The number of carbonyl (C=O) groups excluding carboxylic acids is 1. The second kappa shape index (κ2) is 9.16. The third-order valence-electron chi connectivity index (χ3n) is 4.56. The van der Waals surface area contributed by atoms with E-state index in [0.29, 0.717) is 25.2 Å². The van der Waals surface area contributed by atoms with Crippen LogP contribution in [0.5, 0.6) is 5.75 Å². The maximum Gasteiger partial charge on any atom is 0.254 e. The average Bonchev–Trinajstić information content (AvgIpc) is 2.68. The van der Waals surface area contributed by atoms with E-state index in [9.17, 15) is 9.90 Å². The van der Waals surface area contributed by atoms with Gasteiger partial charge in [0.2, 0.25) is 0 Å². The molecule has 0 spiro atoms. The number of ether oxygens (including phenoxy) is 1. The molecule has 1 heterocycles. The molecule has 3 rings (SSSR count). The van der Waals surface area contributed by atoms with Crippen molar-refractivity contribution in [3.05, 3.63) is 64.6 Å². The van der Waals surface area contributed by atoms with Gasteiger partial charge in [-0.2, -0.15) is 0 Å². The van der Waals surface area contributed by atoms with E-state index in [1.807, 2.05) is 59.5 Å². The van der Waals surface area contributed by atoms with E-state index in [0.717, 1.165) is 23.3 Å². The van der Waals surface area contributed by atoms with Crippen LogP contribution in [0, 0.1) is 0 Å². The van der Waals surface area contributed by atoms with Crippen LogP contribution in [-0.2, 0) is 0 Å². The molecule has 1 aliphatic rings. The van der Waals surface area contributed by atoms with Gasteiger partial charge in [-0.3, -0.25) is 4.79 Å². The summed E-state index contributed by atoms with van der Waals surface area (Å²) in [4.78, 5) is 15.7. The first-order chi connectivity index (χ1) is 12.6. The van der Waals surface area contributed by atoms with Crippen molar-refractivity contribution in [1.29, 1.82) is 0 Å². The first-order valence-electron chi connectivity index (χ1n) is 8.86. The summed E-state index contributed by atoms with van der Waals surface area (Å²) in [5.74, 6) is 0.843. The van der Waals surface area contributed by atoms with E-state index < -0.39 is 6.10 Å². The molecule has 0 bridgehead atoms. The Bertz CT molecular complexity index is 701. The third kappa shape index (κ3) is 5.30. The van der Waals surface area contributed by atoms with Crippen molar-refractivity contribution in [2.75, 3.05) is 39.3 Å². The highest BCUT2D eigenvalue weighted by Crippen LogP contribution is 2.12. The topological polar surface area (TPSA) is 54.2 Å². The van der Waals surface area contributed by atoms with E-state index in [-0.39, 0.29) is 12.5 Å². The Hall–Kier alpha value is -1.89. The van der Waals surface area contributed by atoms with Gasteiger partial charge < -0.3 is 19.6 Å². The molecule has 2 aromatic rings. The SMILES string of the molecule is O=C(c1ccc(Br)cc1)N1CC[NH+](C[C@@H](O)COc2ccccc2)CC1. The van der Waals surface area contributed by atoms with Crippen molar-refractivity contribution in [1.82, 2.24) is 4.90 Å². The molecule has 1 saturated heterocycles. The van der Waals surface area contributed by atoms with Crippen LogP contribution >= 0.6 is 15.9 Å². The Kier molecular flexibility index (Phi) is 6.66. The zero-order chi connectivity index (χ0) is 18.4. The Morgan fingerprint density at radius 3 is 2.42 bits per heavy atom. The number of nitrogens with one attached hydrogen (secondary N) is 1. The predicted molar refractivity (Wildman–Crippen MR) is 104 cm³/mol. The van der Waals surface area contributed by atoms with Gasteiger partial charge in [-0.05, 0) is 36.4 Å². The van der Waals surface area contributed by atoms with Gasteiger partial charge >= 0.3 is 0 Å². The predicted octanol–water partition coefficient (Wildman–Crippen LogP) is 1.23. The number of hydrogen-bond acceptors (Lipinski definition) is 3. The lowest BCUT2D eigenvalue weighted by Crippen LogP contribution is -3.16. The number of halogens is 1. The van der Waals surface area contributed by atoms with Gasteiger partial charge in [0.1, 0.15) is 25.0 Å². The molecule has 0 aromatic heterocycles. The molecular weight excluding hydrogens is 396 g/mol. The van der Waals surface area contributed by atoms with E-state index in [4.69, 9.17) is 4.74 Å². The summed E-state index contributed by atoms with van der Waals surface area (Å²) in [5.41, 5.74) is 0.716. The summed E-state index contributed by atoms with van der Waals surface area (Å²) >= 11 is 3.39. The van der Waals surface area contributed by atoms with Crippen LogP contribution in [0.2, 0.25) is 0 Å². The Balaban J connectivity index is 1.41. The van der Waals surface area contributed by atoms with Crippen molar-refractivity contribution in [2.45, 2.75) is 6.10 Å². The van der Waals surface area contributed by atoms with Crippen LogP contribution in [0.15, 0.2) is 59.1 Å². The molecule has 2 N–H and O–H groups in total. The van der Waals surface area contributed by atoms with Crippen molar-refractivity contribution < 1.29 is 19.5 Å². The maximum atomic E-state index is 12.5. The standard InChI is InChI=1S/C20H23BrN2O3/c21-17-8-6-16(7-9-17)20(25)23-12-10-22(11-13-23)14-18(24)15-26-19-4-2-1-3-5-19/h1-9,18,24H,10-15H2/p+1/t18-/m1/s1. The fourth-order valence-corrected chi connectivity index (χ4v) is 3.37. The minimum Gasteiger partial charge on any atom is -0.491 e. The van der Waals surface area contributed by atoms with Crippen LogP contribution in [0.4, 0.5) is 0 Å². The van der Waals surface area contributed by atoms with Crippen LogP contribution in [0.1, 0.15) is 10.4 Å². The number of aliphatic hydroxyl groups is 1. The molecule has 138 valence electrons. The van der Waals surface area contributed by atoms with Crippen molar-refractivity contribution in [3.63, 3.8) is 0 Å². The van der Waals surface area contributed by atoms with E-state index in [1.165, 1.54) is 4.90 Å². The summed E-state index contributed by atoms with van der Waals surface area (Å²) in [6, 6.07) is 17.0. The Morgan fingerprint density at radius 2 is 1.77 bits per heavy atom. The zero-order valence-corrected chi connectivity index (χ0v) is 16.2. The fraction of sp³-hybridized carbons (Fsp3) is 0.350. The summed E-state index contributed by atoms with van der Waals surface area (Å²) < 4.78 is 6.57. The quantitative estimate of drug-likeness (QED) is 0.740. The number of aliphatic hydroxyl groups excluding tert-OH is 1. The largest absolute Gasteiger partial charge is 0.491 e. The second-order valence-electron chi connectivity index (χ2n) is 6.53.